The molecule has 0 saturated carbocycles. The predicted octanol–water partition coefficient (Wildman–Crippen LogP) is 5.49. The maximum absolute atomic E-state index is 12.8. The van der Waals surface area contributed by atoms with Gasteiger partial charge in [0.1, 0.15) is 5.75 Å². The molecule has 0 heterocycles. The number of carbonyl (C=O) groups is 1. The van der Waals surface area contributed by atoms with Crippen molar-refractivity contribution in [1.82, 2.24) is 0 Å². The predicted molar refractivity (Wildman–Crippen MR) is 119 cm³/mol. The van der Waals surface area contributed by atoms with Crippen molar-refractivity contribution in [3.63, 3.8) is 0 Å². The minimum atomic E-state index is -4.53. The van der Waals surface area contributed by atoms with Crippen molar-refractivity contribution in [2.75, 3.05) is 16.6 Å². The minimum absolute atomic E-state index is 0.0258. The second-order valence-electron chi connectivity index (χ2n) is 6.96. The number of anilines is 2. The summed E-state index contributed by atoms with van der Waals surface area (Å²) in [5.74, 6) is -0.476. The number of sulfonamides is 1. The molecule has 3 aromatic carbocycles. The number of hydrogen-bond acceptors (Lipinski definition) is 4. The lowest BCUT2D eigenvalue weighted by Gasteiger charge is -2.11. The molecule has 0 radical (unpaired) electrons. The summed E-state index contributed by atoms with van der Waals surface area (Å²) in [6.45, 7) is 1.31. The smallest absolute Gasteiger partial charge is 0.416 e. The SMILES string of the molecule is Cc1ccc(NS(=O)(=O)c2ccc(OCC(=O)Nc3cccc(C(F)(F)F)c3)cc2)cc1Cl. The second kappa shape index (κ2) is 9.72. The van der Waals surface area contributed by atoms with Crippen molar-refractivity contribution in [3.05, 3.63) is 82.9 Å². The van der Waals surface area contributed by atoms with Crippen LogP contribution in [0.25, 0.3) is 0 Å². The summed E-state index contributed by atoms with van der Waals surface area (Å²) in [7, 11) is -3.88. The van der Waals surface area contributed by atoms with Crippen LogP contribution in [0.2, 0.25) is 5.02 Å². The fourth-order valence-corrected chi connectivity index (χ4v) is 3.93. The van der Waals surface area contributed by atoms with Gasteiger partial charge < -0.3 is 10.1 Å². The minimum Gasteiger partial charge on any atom is -0.484 e. The zero-order valence-corrected chi connectivity index (χ0v) is 18.7. The lowest BCUT2D eigenvalue weighted by molar-refractivity contribution is -0.137. The van der Waals surface area contributed by atoms with Crippen molar-refractivity contribution < 1.29 is 31.1 Å². The molecule has 0 spiro atoms. The lowest BCUT2D eigenvalue weighted by Crippen LogP contribution is -2.20. The Morgan fingerprint density at radius 3 is 2.33 bits per heavy atom. The van der Waals surface area contributed by atoms with E-state index in [2.05, 4.69) is 10.0 Å². The van der Waals surface area contributed by atoms with E-state index in [9.17, 15) is 26.4 Å². The Hall–Kier alpha value is -3.24. The average molecular weight is 499 g/mol. The van der Waals surface area contributed by atoms with E-state index in [1.54, 1.807) is 19.1 Å². The molecule has 1 amide bonds. The maximum Gasteiger partial charge on any atom is 0.416 e. The number of aryl methyl sites for hydroxylation is 1. The highest BCUT2D eigenvalue weighted by atomic mass is 35.5. The van der Waals surface area contributed by atoms with Crippen LogP contribution in [0.15, 0.2) is 71.6 Å². The van der Waals surface area contributed by atoms with Gasteiger partial charge in [-0.25, -0.2) is 8.42 Å². The van der Waals surface area contributed by atoms with Crippen LogP contribution in [-0.2, 0) is 21.0 Å². The monoisotopic (exact) mass is 498 g/mol. The van der Waals surface area contributed by atoms with E-state index < -0.39 is 34.3 Å². The van der Waals surface area contributed by atoms with Crippen LogP contribution >= 0.6 is 11.6 Å². The van der Waals surface area contributed by atoms with E-state index in [1.165, 1.54) is 42.5 Å². The number of amides is 1. The van der Waals surface area contributed by atoms with Crippen LogP contribution in [-0.4, -0.2) is 20.9 Å². The van der Waals surface area contributed by atoms with E-state index in [-0.39, 0.29) is 16.3 Å². The number of ether oxygens (including phenoxy) is 1. The molecule has 0 bridgehead atoms. The standard InChI is InChI=1S/C22H18ClF3N2O4S/c1-14-5-6-17(12-20(14)23)28-33(30,31)19-9-7-18(8-10-19)32-13-21(29)27-16-4-2-3-15(11-16)22(24,25)26/h2-12,28H,13H2,1H3,(H,27,29). The average Bonchev–Trinajstić information content (AvgIpc) is 2.74. The molecule has 0 unspecified atom stereocenters. The molecular weight excluding hydrogens is 481 g/mol. The van der Waals surface area contributed by atoms with E-state index in [0.29, 0.717) is 10.7 Å². The Morgan fingerprint density at radius 2 is 1.70 bits per heavy atom. The van der Waals surface area contributed by atoms with Crippen LogP contribution in [0.1, 0.15) is 11.1 Å². The van der Waals surface area contributed by atoms with Gasteiger partial charge in [-0.3, -0.25) is 9.52 Å². The third-order valence-electron chi connectivity index (χ3n) is 4.40. The molecule has 0 aromatic heterocycles. The Labute approximate surface area is 193 Å². The van der Waals surface area contributed by atoms with Crippen LogP contribution in [0, 0.1) is 6.92 Å². The third kappa shape index (κ3) is 6.62. The summed E-state index contributed by atoms with van der Waals surface area (Å²) in [4.78, 5) is 12.0. The van der Waals surface area contributed by atoms with Gasteiger partial charge in [0.05, 0.1) is 16.1 Å². The van der Waals surface area contributed by atoms with Gasteiger partial charge in [0.15, 0.2) is 6.61 Å². The van der Waals surface area contributed by atoms with Crippen LogP contribution in [0.4, 0.5) is 24.5 Å². The maximum atomic E-state index is 12.8. The van der Waals surface area contributed by atoms with Gasteiger partial charge in [-0.1, -0.05) is 23.7 Å². The number of hydrogen-bond donors (Lipinski definition) is 2. The highest BCUT2D eigenvalue weighted by molar-refractivity contribution is 7.92. The number of nitrogens with one attached hydrogen (secondary N) is 2. The van der Waals surface area contributed by atoms with Crippen molar-refractivity contribution in [1.29, 1.82) is 0 Å². The summed E-state index contributed by atoms with van der Waals surface area (Å²) < 4.78 is 71.0. The lowest BCUT2D eigenvalue weighted by atomic mass is 10.2. The molecule has 174 valence electrons. The number of benzene rings is 3. The fraction of sp³-hybridized carbons (Fsp3) is 0.136. The summed E-state index contributed by atoms with van der Waals surface area (Å²) in [6.07, 6.45) is -4.53. The molecule has 0 aliphatic rings. The van der Waals surface area contributed by atoms with E-state index in [1.807, 2.05) is 0 Å². The van der Waals surface area contributed by atoms with Gasteiger partial charge in [-0.2, -0.15) is 13.2 Å². The Kier molecular flexibility index (Phi) is 7.19. The molecule has 0 saturated heterocycles. The molecule has 2 N–H and O–H groups in total. The first-order valence-electron chi connectivity index (χ1n) is 9.43. The molecule has 0 atom stereocenters. The second-order valence-corrected chi connectivity index (χ2v) is 9.05. The van der Waals surface area contributed by atoms with Gasteiger partial charge in [0, 0.05) is 10.7 Å². The normalized spacial score (nSPS) is 11.7. The number of rotatable bonds is 7. The Balaban J connectivity index is 1.59. The Bertz CT molecular complexity index is 1260. The number of carbonyl (C=O) groups excluding carboxylic acids is 1. The summed E-state index contributed by atoms with van der Waals surface area (Å²) >= 11 is 6.01. The first kappa shape index (κ1) is 24.4. The van der Waals surface area contributed by atoms with Crippen molar-refractivity contribution in [2.45, 2.75) is 18.0 Å². The molecule has 33 heavy (non-hydrogen) atoms. The number of halogens is 4. The third-order valence-corrected chi connectivity index (χ3v) is 6.21. The highest BCUT2D eigenvalue weighted by Crippen LogP contribution is 2.30. The van der Waals surface area contributed by atoms with Gasteiger partial charge >= 0.3 is 6.18 Å². The Morgan fingerprint density at radius 1 is 1.00 bits per heavy atom. The molecule has 0 aliphatic carbocycles. The zero-order chi connectivity index (χ0) is 24.2. The first-order valence-corrected chi connectivity index (χ1v) is 11.3. The van der Waals surface area contributed by atoms with E-state index in [4.69, 9.17) is 16.3 Å². The van der Waals surface area contributed by atoms with Gasteiger partial charge in [-0.05, 0) is 67.1 Å². The van der Waals surface area contributed by atoms with Crippen molar-refractivity contribution in [3.8, 4) is 5.75 Å². The van der Waals surface area contributed by atoms with Crippen molar-refractivity contribution in [2.24, 2.45) is 0 Å². The molecular formula is C22H18ClF3N2O4S. The van der Waals surface area contributed by atoms with E-state index >= 15 is 0 Å². The van der Waals surface area contributed by atoms with Crippen LogP contribution in [0.3, 0.4) is 0 Å². The van der Waals surface area contributed by atoms with Crippen LogP contribution < -0.4 is 14.8 Å². The molecule has 11 heteroatoms. The fourth-order valence-electron chi connectivity index (χ4n) is 2.70. The van der Waals surface area contributed by atoms with Gasteiger partial charge in [0.25, 0.3) is 15.9 Å². The van der Waals surface area contributed by atoms with Crippen LogP contribution in [0.5, 0.6) is 5.75 Å². The highest BCUT2D eigenvalue weighted by Gasteiger charge is 2.30. The number of alkyl halides is 3. The molecule has 3 aromatic rings. The quantitative estimate of drug-likeness (QED) is 0.451. The van der Waals surface area contributed by atoms with E-state index in [0.717, 1.165) is 17.7 Å². The van der Waals surface area contributed by atoms with Gasteiger partial charge in [0.2, 0.25) is 0 Å². The molecule has 0 aliphatic heterocycles. The molecule has 0 fully saturated rings. The summed E-state index contributed by atoms with van der Waals surface area (Å²) in [5.41, 5.74) is 0.192. The zero-order valence-electron chi connectivity index (χ0n) is 17.1. The summed E-state index contributed by atoms with van der Waals surface area (Å²) in [5, 5.41) is 2.73. The first-order chi connectivity index (χ1) is 15.4. The molecule has 6 nitrogen and oxygen atoms in total. The molecule has 3 rings (SSSR count). The van der Waals surface area contributed by atoms with Gasteiger partial charge in [-0.15, -0.1) is 0 Å². The van der Waals surface area contributed by atoms with Crippen molar-refractivity contribution >= 4 is 38.9 Å². The largest absolute Gasteiger partial charge is 0.484 e. The topological polar surface area (TPSA) is 84.5 Å². The summed E-state index contributed by atoms with van der Waals surface area (Å²) in [6, 6.07) is 14.3.